The number of hydrogen-bond donors (Lipinski definition) is 2. The second-order valence-corrected chi connectivity index (χ2v) is 6.07. The molecule has 1 amide bonds. The van der Waals surface area contributed by atoms with Crippen LogP contribution in [0.4, 0.5) is 5.69 Å². The Hall–Kier alpha value is -2.14. The zero-order valence-corrected chi connectivity index (χ0v) is 12.7. The van der Waals surface area contributed by atoms with Crippen LogP contribution in [0.1, 0.15) is 23.5 Å². The summed E-state index contributed by atoms with van der Waals surface area (Å²) in [6.07, 6.45) is 2.37. The second kappa shape index (κ2) is 6.10. The number of benzene rings is 1. The Morgan fingerprint density at radius 1 is 1.38 bits per heavy atom. The van der Waals surface area contributed by atoms with Gasteiger partial charge in [-0.25, -0.2) is 4.98 Å². The van der Waals surface area contributed by atoms with Crippen LogP contribution in [0.25, 0.3) is 11.0 Å². The van der Waals surface area contributed by atoms with Crippen LogP contribution in [0.5, 0.6) is 0 Å². The summed E-state index contributed by atoms with van der Waals surface area (Å²) in [5.41, 5.74) is 2.68. The third-order valence-corrected chi connectivity index (χ3v) is 4.23. The lowest BCUT2D eigenvalue weighted by molar-refractivity contribution is -0.116. The summed E-state index contributed by atoms with van der Waals surface area (Å²) in [5.74, 6) is 0.937. The van der Waals surface area contributed by atoms with Crippen molar-refractivity contribution in [3.63, 3.8) is 0 Å². The lowest BCUT2D eigenvalue weighted by Crippen LogP contribution is -2.11. The first-order valence-electron chi connectivity index (χ1n) is 6.99. The molecule has 0 saturated heterocycles. The molecule has 2 heterocycles. The summed E-state index contributed by atoms with van der Waals surface area (Å²) >= 11 is 1.74. The average molecular weight is 299 g/mol. The number of hydrogen-bond acceptors (Lipinski definition) is 3. The standard InChI is InChI=1S/C16H17N3OS/c1-11-17-14-8-7-12(10-15(14)18-11)19-16(20)6-2-4-13-5-3-9-21-13/h3,5,7-10H,2,4,6H2,1H3,(H,17,18)(H,19,20). The van der Waals surface area contributed by atoms with Gasteiger partial charge in [0.25, 0.3) is 0 Å². The monoisotopic (exact) mass is 299 g/mol. The molecule has 0 unspecified atom stereocenters. The Bertz CT molecular complexity index is 746. The van der Waals surface area contributed by atoms with Gasteiger partial charge in [-0.15, -0.1) is 11.3 Å². The van der Waals surface area contributed by atoms with Crippen molar-refractivity contribution in [3.8, 4) is 0 Å². The van der Waals surface area contributed by atoms with Gasteiger partial charge in [-0.05, 0) is 49.4 Å². The molecule has 0 spiro atoms. The topological polar surface area (TPSA) is 57.8 Å². The molecule has 21 heavy (non-hydrogen) atoms. The van der Waals surface area contributed by atoms with E-state index in [0.29, 0.717) is 6.42 Å². The third-order valence-electron chi connectivity index (χ3n) is 3.29. The molecule has 0 atom stereocenters. The van der Waals surface area contributed by atoms with Crippen molar-refractivity contribution in [2.24, 2.45) is 0 Å². The van der Waals surface area contributed by atoms with Gasteiger partial charge in [0.2, 0.25) is 5.91 Å². The molecule has 0 fully saturated rings. The number of thiophene rings is 1. The molecule has 2 aromatic heterocycles. The highest BCUT2D eigenvalue weighted by Gasteiger charge is 2.05. The Morgan fingerprint density at radius 3 is 3.10 bits per heavy atom. The van der Waals surface area contributed by atoms with Gasteiger partial charge in [-0.2, -0.15) is 0 Å². The molecule has 2 N–H and O–H groups in total. The summed E-state index contributed by atoms with van der Waals surface area (Å²) in [6, 6.07) is 9.88. The number of carbonyl (C=O) groups is 1. The first kappa shape index (κ1) is 13.8. The molecule has 3 aromatic rings. The smallest absolute Gasteiger partial charge is 0.224 e. The minimum Gasteiger partial charge on any atom is -0.342 e. The van der Waals surface area contributed by atoms with Gasteiger partial charge in [0.1, 0.15) is 5.82 Å². The van der Waals surface area contributed by atoms with E-state index in [1.807, 2.05) is 31.2 Å². The number of nitrogens with one attached hydrogen (secondary N) is 2. The van der Waals surface area contributed by atoms with E-state index in [1.54, 1.807) is 11.3 Å². The zero-order valence-electron chi connectivity index (χ0n) is 11.8. The molecular formula is C16H17N3OS. The molecule has 0 aliphatic carbocycles. The molecule has 5 heteroatoms. The van der Waals surface area contributed by atoms with Crippen LogP contribution >= 0.6 is 11.3 Å². The number of aryl methyl sites for hydroxylation is 2. The molecule has 4 nitrogen and oxygen atoms in total. The summed E-state index contributed by atoms with van der Waals surface area (Å²) < 4.78 is 0. The van der Waals surface area contributed by atoms with Gasteiger partial charge < -0.3 is 10.3 Å². The highest BCUT2D eigenvalue weighted by molar-refractivity contribution is 7.09. The van der Waals surface area contributed by atoms with E-state index in [-0.39, 0.29) is 5.91 Å². The van der Waals surface area contributed by atoms with Crippen molar-refractivity contribution in [1.82, 2.24) is 9.97 Å². The number of H-pyrrole nitrogens is 1. The van der Waals surface area contributed by atoms with E-state index in [2.05, 4.69) is 26.7 Å². The minimum atomic E-state index is 0.0575. The van der Waals surface area contributed by atoms with Crippen molar-refractivity contribution >= 4 is 34.0 Å². The van der Waals surface area contributed by atoms with Crippen LogP contribution in [0.15, 0.2) is 35.7 Å². The van der Waals surface area contributed by atoms with Gasteiger partial charge in [0, 0.05) is 17.0 Å². The van der Waals surface area contributed by atoms with Gasteiger partial charge in [0.05, 0.1) is 11.0 Å². The van der Waals surface area contributed by atoms with Crippen molar-refractivity contribution in [2.75, 3.05) is 5.32 Å². The fourth-order valence-electron chi connectivity index (χ4n) is 2.32. The average Bonchev–Trinajstić information content (AvgIpc) is 3.06. The number of fused-ring (bicyclic) bond motifs is 1. The van der Waals surface area contributed by atoms with Crippen molar-refractivity contribution in [1.29, 1.82) is 0 Å². The zero-order chi connectivity index (χ0) is 14.7. The Labute approximate surface area is 127 Å². The largest absolute Gasteiger partial charge is 0.342 e. The van der Waals surface area contributed by atoms with Crippen molar-refractivity contribution < 1.29 is 4.79 Å². The van der Waals surface area contributed by atoms with E-state index >= 15 is 0 Å². The maximum absolute atomic E-state index is 11.9. The van der Waals surface area contributed by atoms with Crippen LogP contribution < -0.4 is 5.32 Å². The number of imidazole rings is 1. The van der Waals surface area contributed by atoms with Crippen LogP contribution in [0.3, 0.4) is 0 Å². The Kier molecular flexibility index (Phi) is 4.01. The number of anilines is 1. The Balaban J connectivity index is 1.55. The van der Waals surface area contributed by atoms with Gasteiger partial charge in [-0.1, -0.05) is 6.07 Å². The van der Waals surface area contributed by atoms with Gasteiger partial charge in [0.15, 0.2) is 0 Å². The molecule has 0 aliphatic heterocycles. The molecule has 108 valence electrons. The van der Waals surface area contributed by atoms with Crippen molar-refractivity contribution in [3.05, 3.63) is 46.4 Å². The first-order valence-corrected chi connectivity index (χ1v) is 7.87. The second-order valence-electron chi connectivity index (χ2n) is 5.04. The summed E-state index contributed by atoms with van der Waals surface area (Å²) in [6.45, 7) is 1.92. The molecule has 0 radical (unpaired) electrons. The minimum absolute atomic E-state index is 0.0575. The third kappa shape index (κ3) is 3.49. The molecule has 0 bridgehead atoms. The number of aromatic amines is 1. The summed E-state index contributed by atoms with van der Waals surface area (Å²) in [7, 11) is 0. The van der Waals surface area contributed by atoms with E-state index in [0.717, 1.165) is 35.4 Å². The normalized spacial score (nSPS) is 10.9. The molecule has 0 saturated carbocycles. The molecule has 1 aromatic carbocycles. The molecule has 0 aliphatic rings. The van der Waals surface area contributed by atoms with E-state index in [1.165, 1.54) is 4.88 Å². The highest BCUT2D eigenvalue weighted by atomic mass is 32.1. The summed E-state index contributed by atoms with van der Waals surface area (Å²) in [5, 5.41) is 5.01. The summed E-state index contributed by atoms with van der Waals surface area (Å²) in [4.78, 5) is 20.8. The maximum Gasteiger partial charge on any atom is 0.224 e. The lowest BCUT2D eigenvalue weighted by atomic mass is 10.2. The van der Waals surface area contributed by atoms with E-state index in [9.17, 15) is 4.79 Å². The Morgan fingerprint density at radius 2 is 2.29 bits per heavy atom. The predicted octanol–water partition coefficient (Wildman–Crippen LogP) is 3.89. The number of rotatable bonds is 5. The number of aromatic nitrogens is 2. The number of carbonyl (C=O) groups excluding carboxylic acids is 1. The molecular weight excluding hydrogens is 282 g/mol. The van der Waals surface area contributed by atoms with Crippen LogP contribution in [0, 0.1) is 6.92 Å². The quantitative estimate of drug-likeness (QED) is 0.751. The molecule has 3 rings (SSSR count). The fourth-order valence-corrected chi connectivity index (χ4v) is 3.07. The predicted molar refractivity (Wildman–Crippen MR) is 86.7 cm³/mol. The maximum atomic E-state index is 11.9. The fraction of sp³-hybridized carbons (Fsp3) is 0.250. The highest BCUT2D eigenvalue weighted by Crippen LogP contribution is 2.18. The van der Waals surface area contributed by atoms with Crippen LogP contribution in [0.2, 0.25) is 0 Å². The number of nitrogens with zero attached hydrogens (tertiary/aromatic N) is 1. The van der Waals surface area contributed by atoms with Gasteiger partial charge >= 0.3 is 0 Å². The first-order chi connectivity index (χ1) is 10.2. The van der Waals surface area contributed by atoms with Crippen LogP contribution in [-0.2, 0) is 11.2 Å². The van der Waals surface area contributed by atoms with E-state index < -0.39 is 0 Å². The number of amides is 1. The van der Waals surface area contributed by atoms with Crippen molar-refractivity contribution in [2.45, 2.75) is 26.2 Å². The lowest BCUT2D eigenvalue weighted by Gasteiger charge is -2.04. The van der Waals surface area contributed by atoms with Crippen LogP contribution in [-0.4, -0.2) is 15.9 Å². The van der Waals surface area contributed by atoms with E-state index in [4.69, 9.17) is 0 Å². The SMILES string of the molecule is Cc1nc2ccc(NC(=O)CCCc3cccs3)cc2[nH]1. The van der Waals surface area contributed by atoms with Gasteiger partial charge in [-0.3, -0.25) is 4.79 Å².